The molecule has 0 fully saturated rings. The molecule has 0 amide bonds. The third-order valence-electron chi connectivity index (χ3n) is 2.26. The van der Waals surface area contributed by atoms with E-state index in [-0.39, 0.29) is 5.92 Å². The number of hydrogen-bond donors (Lipinski definition) is 1. The van der Waals surface area contributed by atoms with Gasteiger partial charge in [-0.2, -0.15) is 5.26 Å². The SMILES string of the molecule is CCC(CCC(C)(C)C#N)C(=O)O. The normalized spacial score (nSPS) is 13.4. The van der Waals surface area contributed by atoms with E-state index in [2.05, 4.69) is 6.07 Å². The molecule has 74 valence electrons. The smallest absolute Gasteiger partial charge is 0.306 e. The molecule has 0 aromatic carbocycles. The van der Waals surface area contributed by atoms with Crippen molar-refractivity contribution in [3.05, 3.63) is 0 Å². The lowest BCUT2D eigenvalue weighted by molar-refractivity contribution is -0.142. The Balaban J connectivity index is 4.01. The molecule has 13 heavy (non-hydrogen) atoms. The van der Waals surface area contributed by atoms with Crippen molar-refractivity contribution in [3.8, 4) is 6.07 Å². The van der Waals surface area contributed by atoms with E-state index in [0.717, 1.165) is 0 Å². The van der Waals surface area contributed by atoms with E-state index < -0.39 is 11.4 Å². The van der Waals surface area contributed by atoms with Gasteiger partial charge < -0.3 is 5.11 Å². The van der Waals surface area contributed by atoms with Crippen LogP contribution < -0.4 is 0 Å². The average Bonchev–Trinajstić information content (AvgIpc) is 2.05. The summed E-state index contributed by atoms with van der Waals surface area (Å²) >= 11 is 0. The Labute approximate surface area is 79.4 Å². The zero-order valence-corrected chi connectivity index (χ0v) is 8.50. The van der Waals surface area contributed by atoms with Gasteiger partial charge >= 0.3 is 5.97 Å². The number of nitriles is 1. The number of carboxylic acids is 1. The molecule has 0 aliphatic rings. The van der Waals surface area contributed by atoms with Crippen LogP contribution in [0, 0.1) is 22.7 Å². The van der Waals surface area contributed by atoms with Crippen molar-refractivity contribution in [2.24, 2.45) is 11.3 Å². The van der Waals surface area contributed by atoms with Crippen LogP contribution in [0.4, 0.5) is 0 Å². The fraction of sp³-hybridized carbons (Fsp3) is 0.800. The van der Waals surface area contributed by atoms with Gasteiger partial charge in [0, 0.05) is 0 Å². The van der Waals surface area contributed by atoms with Crippen LogP contribution in [-0.4, -0.2) is 11.1 Å². The standard InChI is InChI=1S/C10H17NO2/c1-4-8(9(12)13)5-6-10(2,3)7-11/h8H,4-6H2,1-3H3,(H,12,13). The third-order valence-corrected chi connectivity index (χ3v) is 2.26. The van der Waals surface area contributed by atoms with Crippen molar-refractivity contribution in [2.45, 2.75) is 40.0 Å². The molecule has 0 saturated carbocycles. The van der Waals surface area contributed by atoms with Gasteiger partial charge in [0.25, 0.3) is 0 Å². The second-order valence-corrected chi connectivity index (χ2v) is 3.98. The first-order valence-electron chi connectivity index (χ1n) is 4.57. The van der Waals surface area contributed by atoms with Crippen LogP contribution in [-0.2, 0) is 4.79 Å². The molecule has 0 bridgehead atoms. The molecule has 0 aromatic rings. The van der Waals surface area contributed by atoms with Crippen molar-refractivity contribution in [1.82, 2.24) is 0 Å². The Kier molecular flexibility index (Phi) is 4.47. The van der Waals surface area contributed by atoms with Gasteiger partial charge in [-0.3, -0.25) is 4.79 Å². The van der Waals surface area contributed by atoms with Crippen LogP contribution in [0.25, 0.3) is 0 Å². The monoisotopic (exact) mass is 183 g/mol. The van der Waals surface area contributed by atoms with Gasteiger partial charge in [-0.25, -0.2) is 0 Å². The minimum absolute atomic E-state index is 0.298. The maximum atomic E-state index is 10.7. The summed E-state index contributed by atoms with van der Waals surface area (Å²) in [7, 11) is 0. The maximum Gasteiger partial charge on any atom is 0.306 e. The van der Waals surface area contributed by atoms with Crippen LogP contribution in [0.5, 0.6) is 0 Å². The highest BCUT2D eigenvalue weighted by molar-refractivity contribution is 5.69. The van der Waals surface area contributed by atoms with Crippen LogP contribution in [0.15, 0.2) is 0 Å². The lowest BCUT2D eigenvalue weighted by Gasteiger charge is -2.17. The number of aliphatic carboxylic acids is 1. The van der Waals surface area contributed by atoms with Crippen LogP contribution in [0.2, 0.25) is 0 Å². The summed E-state index contributed by atoms with van der Waals surface area (Å²) < 4.78 is 0. The van der Waals surface area contributed by atoms with Gasteiger partial charge in [0.15, 0.2) is 0 Å². The highest BCUT2D eigenvalue weighted by Crippen LogP contribution is 2.24. The first-order valence-corrected chi connectivity index (χ1v) is 4.57. The zero-order valence-electron chi connectivity index (χ0n) is 8.50. The maximum absolute atomic E-state index is 10.7. The summed E-state index contributed by atoms with van der Waals surface area (Å²) in [5.41, 5.74) is -0.400. The van der Waals surface area contributed by atoms with Crippen molar-refractivity contribution in [1.29, 1.82) is 5.26 Å². The molecule has 1 N–H and O–H groups in total. The second kappa shape index (κ2) is 4.86. The molecule has 0 spiro atoms. The molecular weight excluding hydrogens is 166 g/mol. The minimum atomic E-state index is -0.753. The number of carboxylic acid groups (broad SMARTS) is 1. The van der Waals surface area contributed by atoms with Crippen molar-refractivity contribution < 1.29 is 9.90 Å². The Morgan fingerprint density at radius 3 is 2.46 bits per heavy atom. The summed E-state index contributed by atoms with van der Waals surface area (Å²) in [5.74, 6) is -1.05. The van der Waals surface area contributed by atoms with Crippen LogP contribution >= 0.6 is 0 Å². The summed E-state index contributed by atoms with van der Waals surface area (Å²) in [6.07, 6.45) is 1.87. The molecule has 0 aliphatic carbocycles. The highest BCUT2D eigenvalue weighted by atomic mass is 16.4. The fourth-order valence-electron chi connectivity index (χ4n) is 1.09. The lowest BCUT2D eigenvalue weighted by atomic mass is 9.85. The third kappa shape index (κ3) is 4.51. The van der Waals surface area contributed by atoms with Crippen LogP contribution in [0.1, 0.15) is 40.0 Å². The molecule has 1 unspecified atom stereocenters. The van der Waals surface area contributed by atoms with Gasteiger partial charge in [0.1, 0.15) is 0 Å². The van der Waals surface area contributed by atoms with Crippen molar-refractivity contribution in [2.75, 3.05) is 0 Å². The summed E-state index contributed by atoms with van der Waals surface area (Å²) in [6, 6.07) is 2.17. The Morgan fingerprint density at radius 2 is 2.15 bits per heavy atom. The van der Waals surface area contributed by atoms with Gasteiger partial charge in [-0.15, -0.1) is 0 Å². The van der Waals surface area contributed by atoms with Gasteiger partial charge in [-0.1, -0.05) is 6.92 Å². The molecule has 0 saturated heterocycles. The Hall–Kier alpha value is -1.04. The van der Waals surface area contributed by atoms with Gasteiger partial charge in [0.2, 0.25) is 0 Å². The Morgan fingerprint density at radius 1 is 1.62 bits per heavy atom. The summed E-state index contributed by atoms with van der Waals surface area (Å²) in [4.78, 5) is 10.7. The topological polar surface area (TPSA) is 61.1 Å². The van der Waals surface area contributed by atoms with E-state index in [9.17, 15) is 4.79 Å². The molecule has 0 heterocycles. The predicted octanol–water partition coefficient (Wildman–Crippen LogP) is 2.43. The first-order chi connectivity index (χ1) is 5.93. The predicted molar refractivity (Wildman–Crippen MR) is 50.0 cm³/mol. The van der Waals surface area contributed by atoms with Crippen LogP contribution in [0.3, 0.4) is 0 Å². The minimum Gasteiger partial charge on any atom is -0.481 e. The number of carbonyl (C=O) groups is 1. The molecule has 0 rings (SSSR count). The fourth-order valence-corrected chi connectivity index (χ4v) is 1.09. The average molecular weight is 183 g/mol. The zero-order chi connectivity index (χ0) is 10.5. The quantitative estimate of drug-likeness (QED) is 0.712. The molecule has 0 radical (unpaired) electrons. The van der Waals surface area contributed by atoms with Crippen molar-refractivity contribution in [3.63, 3.8) is 0 Å². The summed E-state index contributed by atoms with van der Waals surface area (Å²) in [5, 5.41) is 17.5. The Bertz CT molecular complexity index is 215. The molecule has 0 aromatic heterocycles. The van der Waals surface area contributed by atoms with E-state index in [4.69, 9.17) is 10.4 Å². The van der Waals surface area contributed by atoms with E-state index >= 15 is 0 Å². The molecule has 3 nitrogen and oxygen atoms in total. The largest absolute Gasteiger partial charge is 0.481 e. The molecule has 1 atom stereocenters. The van der Waals surface area contributed by atoms with E-state index in [0.29, 0.717) is 19.3 Å². The van der Waals surface area contributed by atoms with Crippen molar-refractivity contribution >= 4 is 5.97 Å². The lowest BCUT2D eigenvalue weighted by Crippen LogP contribution is -2.16. The molecule has 0 aliphatic heterocycles. The number of rotatable bonds is 5. The summed E-state index contributed by atoms with van der Waals surface area (Å²) in [6.45, 7) is 5.53. The number of nitrogens with zero attached hydrogens (tertiary/aromatic N) is 1. The van der Waals surface area contributed by atoms with E-state index in [1.54, 1.807) is 0 Å². The first kappa shape index (κ1) is 12.0. The highest BCUT2D eigenvalue weighted by Gasteiger charge is 2.21. The molecule has 3 heteroatoms. The molecular formula is C10H17NO2. The van der Waals surface area contributed by atoms with E-state index in [1.165, 1.54) is 0 Å². The van der Waals surface area contributed by atoms with E-state index in [1.807, 2.05) is 20.8 Å². The second-order valence-electron chi connectivity index (χ2n) is 3.98. The number of hydrogen-bond acceptors (Lipinski definition) is 2. The van der Waals surface area contributed by atoms with Gasteiger partial charge in [-0.05, 0) is 33.1 Å². The van der Waals surface area contributed by atoms with Gasteiger partial charge in [0.05, 0.1) is 17.4 Å².